The highest BCUT2D eigenvalue weighted by Crippen LogP contribution is 2.18. The molecule has 0 saturated heterocycles. The maximum Gasteiger partial charge on any atom is 0.0663 e. The van der Waals surface area contributed by atoms with Crippen molar-refractivity contribution in [1.29, 1.82) is 0 Å². The predicted octanol–water partition coefficient (Wildman–Crippen LogP) is 2.68. The van der Waals surface area contributed by atoms with Gasteiger partial charge in [0.2, 0.25) is 0 Å². The van der Waals surface area contributed by atoms with Crippen LogP contribution in [0.4, 0.5) is 5.69 Å². The third kappa shape index (κ3) is 3.35. The van der Waals surface area contributed by atoms with E-state index < -0.39 is 0 Å². The van der Waals surface area contributed by atoms with Gasteiger partial charge < -0.3 is 9.64 Å². The molecule has 0 aromatic carbocycles. The molecule has 0 N–H and O–H groups in total. The summed E-state index contributed by atoms with van der Waals surface area (Å²) in [6.07, 6.45) is 1.80. The Morgan fingerprint density at radius 1 is 1.56 bits per heavy atom. The molecular weight excluding hydrogens is 224 g/mol. The Hall–Kier alpha value is -0.800. The Morgan fingerprint density at radius 3 is 2.88 bits per heavy atom. The molecule has 0 saturated carbocycles. The van der Waals surface area contributed by atoms with Crippen molar-refractivity contribution in [1.82, 2.24) is 4.98 Å². The summed E-state index contributed by atoms with van der Waals surface area (Å²) in [7, 11) is 1.72. The van der Waals surface area contributed by atoms with Crippen molar-refractivity contribution >= 4 is 17.3 Å². The molecule has 0 radical (unpaired) electrons. The minimum Gasteiger partial charge on any atom is -0.383 e. The number of rotatable bonds is 6. The van der Waals surface area contributed by atoms with Gasteiger partial charge in [-0.3, -0.25) is 4.98 Å². The van der Waals surface area contributed by atoms with Crippen LogP contribution in [0.1, 0.15) is 19.5 Å². The number of aromatic nitrogens is 1. The lowest BCUT2D eigenvalue weighted by Gasteiger charge is -2.29. The molecule has 0 bridgehead atoms. The van der Waals surface area contributed by atoms with E-state index in [1.165, 1.54) is 0 Å². The second-order valence-electron chi connectivity index (χ2n) is 3.73. The van der Waals surface area contributed by atoms with E-state index in [9.17, 15) is 0 Å². The van der Waals surface area contributed by atoms with Crippen molar-refractivity contribution < 1.29 is 4.74 Å². The first-order chi connectivity index (χ1) is 7.72. The number of pyridine rings is 1. The fourth-order valence-corrected chi connectivity index (χ4v) is 1.94. The highest BCUT2D eigenvalue weighted by atomic mass is 35.5. The van der Waals surface area contributed by atoms with Gasteiger partial charge in [0.15, 0.2) is 0 Å². The van der Waals surface area contributed by atoms with E-state index in [1.54, 1.807) is 13.3 Å². The van der Waals surface area contributed by atoms with Crippen LogP contribution < -0.4 is 4.90 Å². The molecule has 0 aliphatic carbocycles. The molecule has 1 rings (SSSR count). The van der Waals surface area contributed by atoms with E-state index in [1.807, 2.05) is 12.1 Å². The quantitative estimate of drug-likeness (QED) is 0.718. The normalized spacial score (nSPS) is 12.5. The molecule has 1 atom stereocenters. The Kier molecular flexibility index (Phi) is 5.56. The van der Waals surface area contributed by atoms with Crippen LogP contribution in [-0.2, 0) is 10.6 Å². The molecule has 1 heterocycles. The molecule has 1 aromatic heterocycles. The average Bonchev–Trinajstić information content (AvgIpc) is 2.31. The summed E-state index contributed by atoms with van der Waals surface area (Å²) in [6, 6.07) is 4.38. The van der Waals surface area contributed by atoms with Crippen LogP contribution in [-0.4, -0.2) is 31.3 Å². The predicted molar refractivity (Wildman–Crippen MR) is 68.2 cm³/mol. The van der Waals surface area contributed by atoms with E-state index in [2.05, 4.69) is 23.7 Å². The number of likely N-dealkylation sites (N-methyl/N-ethyl adjacent to an activating group) is 1. The van der Waals surface area contributed by atoms with Gasteiger partial charge in [0, 0.05) is 31.6 Å². The molecule has 4 heteroatoms. The van der Waals surface area contributed by atoms with E-state index in [0.29, 0.717) is 18.5 Å². The highest BCUT2D eigenvalue weighted by molar-refractivity contribution is 6.16. The van der Waals surface area contributed by atoms with Crippen molar-refractivity contribution in [2.75, 3.05) is 25.2 Å². The van der Waals surface area contributed by atoms with E-state index in [-0.39, 0.29) is 0 Å². The number of alkyl halides is 1. The van der Waals surface area contributed by atoms with Crippen LogP contribution >= 0.6 is 11.6 Å². The van der Waals surface area contributed by atoms with Gasteiger partial charge >= 0.3 is 0 Å². The van der Waals surface area contributed by atoms with Crippen LogP contribution in [0.2, 0.25) is 0 Å². The molecule has 0 amide bonds. The molecular formula is C12H19ClN2O. The fourth-order valence-electron chi connectivity index (χ4n) is 1.80. The number of halogens is 1. The van der Waals surface area contributed by atoms with Gasteiger partial charge in [-0.05, 0) is 26.0 Å². The zero-order valence-corrected chi connectivity index (χ0v) is 10.9. The smallest absolute Gasteiger partial charge is 0.0663 e. The summed E-state index contributed by atoms with van der Waals surface area (Å²) in [5.74, 6) is 0.448. The zero-order chi connectivity index (χ0) is 12.0. The Morgan fingerprint density at radius 2 is 2.31 bits per heavy atom. The van der Waals surface area contributed by atoms with E-state index in [4.69, 9.17) is 16.3 Å². The molecule has 1 aromatic rings. The summed E-state index contributed by atoms with van der Waals surface area (Å²) in [5.41, 5.74) is 2.06. The Balaban J connectivity index is 2.85. The number of hydrogen-bond donors (Lipinski definition) is 0. The summed E-state index contributed by atoms with van der Waals surface area (Å²) in [5, 5.41) is 0. The largest absolute Gasteiger partial charge is 0.383 e. The van der Waals surface area contributed by atoms with Crippen molar-refractivity contribution in [2.45, 2.75) is 25.8 Å². The molecule has 0 fully saturated rings. The number of methoxy groups -OCH3 is 1. The third-order valence-corrected chi connectivity index (χ3v) is 2.82. The van der Waals surface area contributed by atoms with Gasteiger partial charge in [-0.1, -0.05) is 0 Å². The monoisotopic (exact) mass is 242 g/mol. The second-order valence-corrected chi connectivity index (χ2v) is 4.00. The van der Waals surface area contributed by atoms with Gasteiger partial charge in [-0.2, -0.15) is 0 Å². The number of hydrogen-bond acceptors (Lipinski definition) is 3. The Bertz CT molecular complexity index is 320. The first-order valence-corrected chi connectivity index (χ1v) is 6.02. The SMILES string of the molecule is CCN(c1ccnc(CCl)c1)C(C)COC. The van der Waals surface area contributed by atoms with Crippen molar-refractivity contribution in [2.24, 2.45) is 0 Å². The number of ether oxygens (including phenoxy) is 1. The van der Waals surface area contributed by atoms with Crippen LogP contribution in [0.25, 0.3) is 0 Å². The van der Waals surface area contributed by atoms with Crippen LogP contribution in [0.5, 0.6) is 0 Å². The van der Waals surface area contributed by atoms with Gasteiger partial charge in [-0.25, -0.2) is 0 Å². The van der Waals surface area contributed by atoms with Gasteiger partial charge in [0.1, 0.15) is 0 Å². The molecule has 1 unspecified atom stereocenters. The molecule has 3 nitrogen and oxygen atoms in total. The first kappa shape index (κ1) is 13.3. The molecule has 0 aliphatic rings. The lowest BCUT2D eigenvalue weighted by atomic mass is 10.2. The van der Waals surface area contributed by atoms with Gasteiger partial charge in [0.25, 0.3) is 0 Å². The van der Waals surface area contributed by atoms with Crippen LogP contribution in [0.15, 0.2) is 18.3 Å². The minimum absolute atomic E-state index is 0.348. The summed E-state index contributed by atoms with van der Waals surface area (Å²) < 4.78 is 5.18. The summed E-state index contributed by atoms with van der Waals surface area (Å²) in [4.78, 5) is 6.47. The second kappa shape index (κ2) is 6.71. The topological polar surface area (TPSA) is 25.4 Å². The van der Waals surface area contributed by atoms with E-state index in [0.717, 1.165) is 17.9 Å². The van der Waals surface area contributed by atoms with Gasteiger partial charge in [0.05, 0.1) is 18.2 Å². The van der Waals surface area contributed by atoms with Crippen LogP contribution in [0.3, 0.4) is 0 Å². The standard InChI is InChI=1S/C12H19ClN2O/c1-4-15(10(2)9-16-3)12-5-6-14-11(7-12)8-13/h5-7,10H,4,8-9H2,1-3H3. The van der Waals surface area contributed by atoms with Gasteiger partial charge in [-0.15, -0.1) is 11.6 Å². The zero-order valence-electron chi connectivity index (χ0n) is 10.1. The molecule has 90 valence electrons. The van der Waals surface area contributed by atoms with Crippen LogP contribution in [0, 0.1) is 0 Å². The third-order valence-electron chi connectivity index (χ3n) is 2.55. The lowest BCUT2D eigenvalue weighted by molar-refractivity contribution is 0.182. The molecule has 0 spiro atoms. The average molecular weight is 243 g/mol. The van der Waals surface area contributed by atoms with Crippen molar-refractivity contribution in [3.63, 3.8) is 0 Å². The maximum absolute atomic E-state index is 5.78. The van der Waals surface area contributed by atoms with Crippen molar-refractivity contribution in [3.8, 4) is 0 Å². The summed E-state index contributed by atoms with van der Waals surface area (Å²) in [6.45, 7) is 5.93. The van der Waals surface area contributed by atoms with Crippen molar-refractivity contribution in [3.05, 3.63) is 24.0 Å². The number of anilines is 1. The molecule has 0 aliphatic heterocycles. The fraction of sp³-hybridized carbons (Fsp3) is 0.583. The van der Waals surface area contributed by atoms with E-state index >= 15 is 0 Å². The number of nitrogens with zero attached hydrogens (tertiary/aromatic N) is 2. The maximum atomic E-state index is 5.78. The first-order valence-electron chi connectivity index (χ1n) is 5.49. The lowest BCUT2D eigenvalue weighted by Crippen LogP contribution is -2.36. The summed E-state index contributed by atoms with van der Waals surface area (Å²) >= 11 is 5.78. The minimum atomic E-state index is 0.348. The Labute approximate surface area is 102 Å². The highest BCUT2D eigenvalue weighted by Gasteiger charge is 2.12. The molecule has 16 heavy (non-hydrogen) atoms.